The zero-order chi connectivity index (χ0) is 10.8. The Bertz CT molecular complexity index is 471. The molecule has 0 radical (unpaired) electrons. The number of hydrogen-bond acceptors (Lipinski definition) is 3. The Morgan fingerprint density at radius 3 is 3.06 bits per heavy atom. The Morgan fingerprint density at radius 1 is 1.31 bits per heavy atom. The van der Waals surface area contributed by atoms with Crippen molar-refractivity contribution in [2.45, 2.75) is 19.3 Å². The third kappa shape index (κ3) is 1.83. The summed E-state index contributed by atoms with van der Waals surface area (Å²) in [6.07, 6.45) is 5.45. The molecule has 1 N–H and O–H groups in total. The summed E-state index contributed by atoms with van der Waals surface area (Å²) >= 11 is 0. The second-order valence-corrected chi connectivity index (χ2v) is 4.56. The minimum Gasteiger partial charge on any atom is -0.356 e. The van der Waals surface area contributed by atoms with Gasteiger partial charge in [-0.2, -0.15) is 0 Å². The molecule has 84 valence electrons. The normalized spacial score (nSPS) is 18.0. The van der Waals surface area contributed by atoms with Gasteiger partial charge in [0.1, 0.15) is 0 Å². The van der Waals surface area contributed by atoms with Crippen molar-refractivity contribution in [3.8, 4) is 0 Å². The molecule has 1 aliphatic heterocycles. The molecule has 1 aliphatic rings. The second kappa shape index (κ2) is 4.26. The van der Waals surface area contributed by atoms with Gasteiger partial charge in [-0.15, -0.1) is 0 Å². The average Bonchev–Trinajstić information content (AvgIpc) is 2.80. The second-order valence-electron chi connectivity index (χ2n) is 4.56. The smallest absolute Gasteiger partial charge is 0.170 e. The molecule has 0 bridgehead atoms. The molecule has 2 aromatic rings. The van der Waals surface area contributed by atoms with Crippen LogP contribution in [0.3, 0.4) is 0 Å². The number of nitrogens with one attached hydrogen (secondary N) is 1. The summed E-state index contributed by atoms with van der Waals surface area (Å²) in [5.41, 5.74) is 2.28. The van der Waals surface area contributed by atoms with Crippen molar-refractivity contribution in [2.24, 2.45) is 5.92 Å². The predicted molar refractivity (Wildman–Crippen MR) is 63.3 cm³/mol. The van der Waals surface area contributed by atoms with Crippen LogP contribution in [0.4, 0.5) is 0 Å². The van der Waals surface area contributed by atoms with Crippen molar-refractivity contribution >= 4 is 11.0 Å². The number of fused-ring (bicyclic) bond motifs is 1. The van der Waals surface area contributed by atoms with Crippen LogP contribution in [0.2, 0.25) is 0 Å². The SMILES string of the molecule is c1cc(CC2CCNCC2)c2oncc2c1. The van der Waals surface area contributed by atoms with E-state index in [2.05, 4.69) is 28.7 Å². The van der Waals surface area contributed by atoms with E-state index in [0.29, 0.717) is 0 Å². The van der Waals surface area contributed by atoms with E-state index < -0.39 is 0 Å². The van der Waals surface area contributed by atoms with Crippen molar-refractivity contribution in [3.05, 3.63) is 30.0 Å². The average molecular weight is 216 g/mol. The highest BCUT2D eigenvalue weighted by Gasteiger charge is 2.15. The van der Waals surface area contributed by atoms with Gasteiger partial charge in [0.25, 0.3) is 0 Å². The van der Waals surface area contributed by atoms with Crippen LogP contribution in [-0.4, -0.2) is 18.2 Å². The lowest BCUT2D eigenvalue weighted by Gasteiger charge is -2.22. The lowest BCUT2D eigenvalue weighted by Crippen LogP contribution is -2.28. The fraction of sp³-hybridized carbons (Fsp3) is 0.462. The first-order valence-corrected chi connectivity index (χ1v) is 5.96. The molecule has 0 aliphatic carbocycles. The summed E-state index contributed by atoms with van der Waals surface area (Å²) < 4.78 is 5.32. The van der Waals surface area contributed by atoms with Crippen LogP contribution in [-0.2, 0) is 6.42 Å². The highest BCUT2D eigenvalue weighted by molar-refractivity contribution is 5.79. The lowest BCUT2D eigenvalue weighted by molar-refractivity contribution is 0.370. The molecule has 16 heavy (non-hydrogen) atoms. The summed E-state index contributed by atoms with van der Waals surface area (Å²) in [5, 5.41) is 8.38. The van der Waals surface area contributed by atoms with Gasteiger partial charge in [-0.05, 0) is 49.9 Å². The molecule has 1 saturated heterocycles. The first-order chi connectivity index (χ1) is 7.93. The van der Waals surface area contributed by atoms with Crippen molar-refractivity contribution in [1.29, 1.82) is 0 Å². The van der Waals surface area contributed by atoms with Gasteiger partial charge in [-0.1, -0.05) is 17.3 Å². The molecule has 1 fully saturated rings. The maximum atomic E-state index is 5.32. The highest BCUT2D eigenvalue weighted by atomic mass is 16.5. The summed E-state index contributed by atoms with van der Waals surface area (Å²) in [6, 6.07) is 6.31. The third-order valence-electron chi connectivity index (χ3n) is 3.43. The maximum Gasteiger partial charge on any atom is 0.170 e. The zero-order valence-corrected chi connectivity index (χ0v) is 9.28. The molecule has 0 spiro atoms. The summed E-state index contributed by atoms with van der Waals surface area (Å²) in [5.74, 6) is 0.789. The fourth-order valence-corrected chi connectivity index (χ4v) is 2.51. The van der Waals surface area contributed by atoms with Gasteiger partial charge in [0.15, 0.2) is 5.58 Å². The van der Waals surface area contributed by atoms with Crippen molar-refractivity contribution in [3.63, 3.8) is 0 Å². The van der Waals surface area contributed by atoms with Gasteiger partial charge < -0.3 is 9.84 Å². The van der Waals surface area contributed by atoms with Crippen molar-refractivity contribution in [2.75, 3.05) is 13.1 Å². The van der Waals surface area contributed by atoms with E-state index in [-0.39, 0.29) is 0 Å². The van der Waals surface area contributed by atoms with Gasteiger partial charge in [-0.3, -0.25) is 0 Å². The monoisotopic (exact) mass is 216 g/mol. The Kier molecular flexibility index (Phi) is 2.62. The molecule has 3 rings (SSSR count). The van der Waals surface area contributed by atoms with Crippen LogP contribution in [0.5, 0.6) is 0 Å². The number of nitrogens with zero attached hydrogens (tertiary/aromatic N) is 1. The number of aromatic nitrogens is 1. The Morgan fingerprint density at radius 2 is 2.19 bits per heavy atom. The predicted octanol–water partition coefficient (Wildman–Crippen LogP) is 2.37. The topological polar surface area (TPSA) is 38.1 Å². The molecule has 3 heteroatoms. The molecule has 1 aromatic carbocycles. The minimum atomic E-state index is 0.789. The van der Waals surface area contributed by atoms with Gasteiger partial charge in [0.2, 0.25) is 0 Å². The molecule has 0 saturated carbocycles. The van der Waals surface area contributed by atoms with Crippen LogP contribution in [0.1, 0.15) is 18.4 Å². The van der Waals surface area contributed by atoms with Crippen molar-refractivity contribution < 1.29 is 4.52 Å². The molecule has 2 heterocycles. The molecule has 1 aromatic heterocycles. The number of rotatable bonds is 2. The molecule has 3 nitrogen and oxygen atoms in total. The molecular weight excluding hydrogens is 200 g/mol. The molecular formula is C13H16N2O. The number of benzene rings is 1. The number of para-hydroxylation sites is 1. The summed E-state index contributed by atoms with van der Waals surface area (Å²) in [6.45, 7) is 2.30. The van der Waals surface area contributed by atoms with E-state index in [1.54, 1.807) is 6.20 Å². The summed E-state index contributed by atoms with van der Waals surface area (Å²) in [4.78, 5) is 0. The van der Waals surface area contributed by atoms with E-state index in [0.717, 1.165) is 36.4 Å². The van der Waals surface area contributed by atoms with Gasteiger partial charge in [-0.25, -0.2) is 0 Å². The Labute approximate surface area is 94.8 Å². The van der Waals surface area contributed by atoms with Gasteiger partial charge in [0.05, 0.1) is 6.20 Å². The minimum absolute atomic E-state index is 0.789. The lowest BCUT2D eigenvalue weighted by atomic mass is 9.90. The van der Waals surface area contributed by atoms with Crippen LogP contribution in [0, 0.1) is 5.92 Å². The van der Waals surface area contributed by atoms with Crippen LogP contribution in [0.25, 0.3) is 11.0 Å². The van der Waals surface area contributed by atoms with E-state index in [1.807, 2.05) is 0 Å². The van der Waals surface area contributed by atoms with E-state index >= 15 is 0 Å². The van der Waals surface area contributed by atoms with Crippen LogP contribution >= 0.6 is 0 Å². The van der Waals surface area contributed by atoms with Crippen molar-refractivity contribution in [1.82, 2.24) is 10.5 Å². The largest absolute Gasteiger partial charge is 0.356 e. The maximum absolute atomic E-state index is 5.32. The van der Waals surface area contributed by atoms with E-state index in [4.69, 9.17) is 4.52 Å². The standard InChI is InChI=1S/C13H16N2O/c1-2-11(8-10-4-6-14-7-5-10)13-12(3-1)9-15-16-13/h1-3,9-10,14H,4-8H2. The highest BCUT2D eigenvalue weighted by Crippen LogP contribution is 2.24. The summed E-state index contributed by atoms with van der Waals surface area (Å²) in [7, 11) is 0. The Hall–Kier alpha value is -1.35. The third-order valence-corrected chi connectivity index (χ3v) is 3.43. The van der Waals surface area contributed by atoms with Gasteiger partial charge in [0, 0.05) is 5.39 Å². The zero-order valence-electron chi connectivity index (χ0n) is 9.28. The number of hydrogen-bond donors (Lipinski definition) is 1. The van der Waals surface area contributed by atoms with E-state index in [1.165, 1.54) is 18.4 Å². The van der Waals surface area contributed by atoms with Crippen LogP contribution < -0.4 is 5.32 Å². The van der Waals surface area contributed by atoms with Crippen LogP contribution in [0.15, 0.2) is 28.9 Å². The number of piperidine rings is 1. The fourth-order valence-electron chi connectivity index (χ4n) is 2.51. The first kappa shape index (κ1) is 9.85. The quantitative estimate of drug-likeness (QED) is 0.837. The Balaban J connectivity index is 1.85. The van der Waals surface area contributed by atoms with Gasteiger partial charge >= 0.3 is 0 Å². The first-order valence-electron chi connectivity index (χ1n) is 5.96. The molecule has 0 atom stereocenters. The van der Waals surface area contributed by atoms with E-state index in [9.17, 15) is 0 Å². The molecule has 0 unspecified atom stereocenters. The molecule has 0 amide bonds.